The average Bonchev–Trinajstić information content (AvgIpc) is 3.05. The number of carboxylic acids is 1. The molecule has 2 aliphatic rings. The zero-order valence-corrected chi connectivity index (χ0v) is 12.2. The average molecular weight is 288 g/mol. The molecule has 1 aliphatic carbocycles. The van der Waals surface area contributed by atoms with E-state index in [9.17, 15) is 14.7 Å². The summed E-state index contributed by atoms with van der Waals surface area (Å²) in [4.78, 5) is 25.2. The lowest BCUT2D eigenvalue weighted by molar-refractivity contribution is -0.152. The molecule has 111 valence electrons. The number of benzene rings is 1. The van der Waals surface area contributed by atoms with Gasteiger partial charge < -0.3 is 14.7 Å². The first-order valence-corrected chi connectivity index (χ1v) is 7.11. The van der Waals surface area contributed by atoms with Gasteiger partial charge in [-0.1, -0.05) is 0 Å². The van der Waals surface area contributed by atoms with E-state index in [0.717, 1.165) is 17.5 Å². The summed E-state index contributed by atoms with van der Waals surface area (Å²) in [5.41, 5.74) is 0.887. The molecular formula is C16H18NO4. The first-order valence-electron chi connectivity index (χ1n) is 7.11. The second-order valence-electron chi connectivity index (χ2n) is 5.90. The van der Waals surface area contributed by atoms with Gasteiger partial charge in [0.25, 0.3) is 5.91 Å². The lowest BCUT2D eigenvalue weighted by Gasteiger charge is -2.25. The second kappa shape index (κ2) is 4.76. The third kappa shape index (κ3) is 2.07. The fourth-order valence-corrected chi connectivity index (χ4v) is 3.37. The van der Waals surface area contributed by atoms with Crippen LogP contribution in [0.4, 0.5) is 0 Å². The number of rotatable bonds is 4. The van der Waals surface area contributed by atoms with E-state index in [-0.39, 0.29) is 18.4 Å². The third-order valence-electron chi connectivity index (χ3n) is 4.58. The van der Waals surface area contributed by atoms with Gasteiger partial charge in [-0.05, 0) is 61.9 Å². The van der Waals surface area contributed by atoms with Crippen molar-refractivity contribution in [2.75, 3.05) is 13.2 Å². The van der Waals surface area contributed by atoms with Gasteiger partial charge in [0, 0.05) is 6.54 Å². The van der Waals surface area contributed by atoms with E-state index in [1.165, 1.54) is 4.90 Å². The number of hydrogen-bond donors (Lipinski definition) is 1. The summed E-state index contributed by atoms with van der Waals surface area (Å²) < 4.78 is 5.63. The summed E-state index contributed by atoms with van der Waals surface area (Å²) in [7, 11) is 0. The number of carbonyl (C=O) groups is 2. The van der Waals surface area contributed by atoms with E-state index in [2.05, 4.69) is 6.07 Å². The van der Waals surface area contributed by atoms with Crippen molar-refractivity contribution in [3.05, 3.63) is 29.3 Å². The summed E-state index contributed by atoms with van der Waals surface area (Å²) in [6.45, 7) is 4.19. The summed E-state index contributed by atoms with van der Waals surface area (Å²) in [5.74, 6) is -0.337. The van der Waals surface area contributed by atoms with Gasteiger partial charge in [0.2, 0.25) is 0 Å². The number of aliphatic carboxylic acids is 1. The van der Waals surface area contributed by atoms with Crippen LogP contribution in [0.25, 0.3) is 0 Å². The fourth-order valence-electron chi connectivity index (χ4n) is 3.37. The smallest absolute Gasteiger partial charge is 0.329 e. The number of likely N-dealkylation sites (tertiary alicyclic amines) is 1. The molecular weight excluding hydrogens is 270 g/mol. The van der Waals surface area contributed by atoms with E-state index in [1.54, 1.807) is 12.1 Å². The van der Waals surface area contributed by atoms with E-state index in [1.807, 2.05) is 13.8 Å². The standard InChI is InChI=1S/C16H18NO4/c1-10-4-3-5-11(2)14(10)21-9-13(18)17-7-6-12-8-16(12,17)15(19)20/h4-5,12H,6-9H2,1-2H3,(H,19,20)/t12-,16+/m1/s1. The number of nitrogens with zero attached hydrogens (tertiary/aromatic N) is 1. The molecule has 1 saturated heterocycles. The Balaban J connectivity index is 1.69. The highest BCUT2D eigenvalue weighted by Gasteiger charge is 2.68. The summed E-state index contributed by atoms with van der Waals surface area (Å²) >= 11 is 0. The molecule has 1 saturated carbocycles. The van der Waals surface area contributed by atoms with Gasteiger partial charge in [0.1, 0.15) is 11.3 Å². The number of carboxylic acid groups (broad SMARTS) is 1. The van der Waals surface area contributed by atoms with Crippen molar-refractivity contribution < 1.29 is 19.4 Å². The summed E-state index contributed by atoms with van der Waals surface area (Å²) in [5, 5.41) is 9.37. The SMILES string of the molecule is Cc1c[c]cc(C)c1OCC(=O)N1CC[C@@H]2C[C@@]21C(=O)O. The van der Waals surface area contributed by atoms with Crippen LogP contribution in [0.1, 0.15) is 24.0 Å². The number of carbonyl (C=O) groups excluding carboxylic acids is 1. The molecule has 5 heteroatoms. The van der Waals surface area contributed by atoms with Crippen LogP contribution in [0.5, 0.6) is 5.75 Å². The minimum Gasteiger partial charge on any atom is -0.483 e. The monoisotopic (exact) mass is 288 g/mol. The van der Waals surface area contributed by atoms with Crippen molar-refractivity contribution >= 4 is 11.9 Å². The van der Waals surface area contributed by atoms with Gasteiger partial charge in [0.05, 0.1) is 0 Å². The van der Waals surface area contributed by atoms with E-state index < -0.39 is 11.5 Å². The lowest BCUT2D eigenvalue weighted by Crippen LogP contribution is -2.47. The number of aryl methyl sites for hydroxylation is 2. The maximum atomic E-state index is 12.3. The molecule has 1 aliphatic heterocycles. The highest BCUT2D eigenvalue weighted by Crippen LogP contribution is 2.55. The molecule has 1 heterocycles. The molecule has 2 fully saturated rings. The Bertz CT molecular complexity index is 592. The first kappa shape index (κ1) is 13.9. The highest BCUT2D eigenvalue weighted by molar-refractivity contribution is 5.91. The molecule has 1 N–H and O–H groups in total. The second-order valence-corrected chi connectivity index (χ2v) is 5.90. The van der Waals surface area contributed by atoms with Crippen LogP contribution >= 0.6 is 0 Å². The van der Waals surface area contributed by atoms with Crippen LogP contribution in [0.3, 0.4) is 0 Å². The van der Waals surface area contributed by atoms with E-state index >= 15 is 0 Å². The van der Waals surface area contributed by atoms with E-state index in [4.69, 9.17) is 4.74 Å². The predicted molar refractivity (Wildman–Crippen MR) is 75.1 cm³/mol. The molecule has 1 aromatic carbocycles. The first-order chi connectivity index (χ1) is 9.96. The Morgan fingerprint density at radius 2 is 2.10 bits per heavy atom. The molecule has 1 amide bonds. The Hall–Kier alpha value is -2.04. The molecule has 0 unspecified atom stereocenters. The van der Waals surface area contributed by atoms with Gasteiger partial charge >= 0.3 is 5.97 Å². The molecule has 3 rings (SSSR count). The maximum Gasteiger partial charge on any atom is 0.329 e. The predicted octanol–water partition coefficient (Wildman–Crippen LogP) is 1.56. The Kier molecular flexibility index (Phi) is 3.15. The van der Waals surface area contributed by atoms with Gasteiger partial charge in [-0.15, -0.1) is 0 Å². The Morgan fingerprint density at radius 3 is 2.67 bits per heavy atom. The van der Waals surface area contributed by atoms with Crippen molar-refractivity contribution in [2.24, 2.45) is 5.92 Å². The highest BCUT2D eigenvalue weighted by atomic mass is 16.5. The van der Waals surface area contributed by atoms with Crippen LogP contribution < -0.4 is 4.74 Å². The normalized spacial score (nSPS) is 26.4. The van der Waals surface area contributed by atoms with Gasteiger partial charge in [-0.25, -0.2) is 4.79 Å². The number of amides is 1. The number of ether oxygens (including phenoxy) is 1. The molecule has 1 aromatic rings. The lowest BCUT2D eigenvalue weighted by atomic mass is 10.1. The molecule has 0 aromatic heterocycles. The summed E-state index contributed by atoms with van der Waals surface area (Å²) in [6.07, 6.45) is 1.35. The van der Waals surface area contributed by atoms with Crippen LogP contribution in [0.15, 0.2) is 12.1 Å². The topological polar surface area (TPSA) is 66.8 Å². The minimum atomic E-state index is -0.949. The van der Waals surface area contributed by atoms with Crippen molar-refractivity contribution in [2.45, 2.75) is 32.2 Å². The molecule has 2 atom stereocenters. The number of hydrogen-bond acceptors (Lipinski definition) is 3. The Labute approximate surface area is 123 Å². The van der Waals surface area contributed by atoms with Crippen molar-refractivity contribution in [3.8, 4) is 5.75 Å². The molecule has 0 bridgehead atoms. The van der Waals surface area contributed by atoms with Crippen LogP contribution in [0.2, 0.25) is 0 Å². The molecule has 0 spiro atoms. The van der Waals surface area contributed by atoms with Crippen molar-refractivity contribution in [3.63, 3.8) is 0 Å². The molecule has 21 heavy (non-hydrogen) atoms. The largest absolute Gasteiger partial charge is 0.483 e. The maximum absolute atomic E-state index is 12.3. The van der Waals surface area contributed by atoms with Crippen LogP contribution in [0, 0.1) is 25.8 Å². The number of piperidine rings is 1. The minimum absolute atomic E-state index is 0.118. The van der Waals surface area contributed by atoms with Crippen LogP contribution in [-0.2, 0) is 9.59 Å². The van der Waals surface area contributed by atoms with E-state index in [0.29, 0.717) is 18.7 Å². The number of fused-ring (bicyclic) bond motifs is 1. The Morgan fingerprint density at radius 1 is 1.43 bits per heavy atom. The van der Waals surface area contributed by atoms with Crippen molar-refractivity contribution in [1.82, 2.24) is 4.90 Å². The van der Waals surface area contributed by atoms with Gasteiger partial charge in [-0.2, -0.15) is 0 Å². The summed E-state index contributed by atoms with van der Waals surface area (Å²) in [6, 6.07) is 6.60. The fraction of sp³-hybridized carbons (Fsp3) is 0.500. The van der Waals surface area contributed by atoms with Crippen molar-refractivity contribution in [1.29, 1.82) is 0 Å². The van der Waals surface area contributed by atoms with Gasteiger partial charge in [0.15, 0.2) is 6.61 Å². The quantitative estimate of drug-likeness (QED) is 0.913. The van der Waals surface area contributed by atoms with Gasteiger partial charge in [-0.3, -0.25) is 4.79 Å². The zero-order chi connectivity index (χ0) is 15.2. The van der Waals surface area contributed by atoms with Crippen LogP contribution in [-0.4, -0.2) is 40.6 Å². The molecule has 5 nitrogen and oxygen atoms in total. The zero-order valence-electron chi connectivity index (χ0n) is 12.2. The third-order valence-corrected chi connectivity index (χ3v) is 4.58. The molecule has 1 radical (unpaired) electrons.